The Hall–Kier alpha value is -2.33. The molecule has 8 atom stereocenters. The van der Waals surface area contributed by atoms with Gasteiger partial charge in [0.25, 0.3) is 0 Å². The van der Waals surface area contributed by atoms with Gasteiger partial charge in [0.1, 0.15) is 13.2 Å². The topological polar surface area (TPSA) is 314 Å². The van der Waals surface area contributed by atoms with Crippen molar-refractivity contribution in [2.45, 2.75) is 155 Å². The molecule has 1 amide bonds. The van der Waals surface area contributed by atoms with Gasteiger partial charge >= 0.3 is 17.9 Å². The molecule has 0 aromatic carbocycles. The van der Waals surface area contributed by atoms with E-state index in [1.165, 1.54) is 21.3 Å². The van der Waals surface area contributed by atoms with Crippen molar-refractivity contribution in [1.82, 2.24) is 5.32 Å². The number of aliphatic carboxylic acids is 1. The van der Waals surface area contributed by atoms with E-state index < -0.39 is 43.1 Å². The maximum atomic E-state index is 11.6. The van der Waals surface area contributed by atoms with E-state index in [9.17, 15) is 19.2 Å². The molecule has 0 fully saturated rings. The van der Waals surface area contributed by atoms with Crippen LogP contribution in [0.1, 0.15) is 105 Å². The number of aliphatic hydroxyl groups is 6. The minimum atomic E-state index is -0.945. The number of esters is 2. The molecule has 0 heterocycles. The summed E-state index contributed by atoms with van der Waals surface area (Å²) in [5.74, 6) is -1.37. The van der Waals surface area contributed by atoms with Gasteiger partial charge < -0.3 is 88.4 Å². The quantitative estimate of drug-likeness (QED) is 0.0239. The summed E-state index contributed by atoms with van der Waals surface area (Å²) >= 11 is 3.98. The zero-order valence-corrected chi connectivity index (χ0v) is 40.9. The molecule has 0 rings (SSSR count). The van der Waals surface area contributed by atoms with E-state index in [-0.39, 0.29) is 115 Å². The maximum absolute atomic E-state index is 11.6. The summed E-state index contributed by atoms with van der Waals surface area (Å²) in [5.41, 5.74) is 0. The van der Waals surface area contributed by atoms with Crippen LogP contribution in [0.25, 0.3) is 0 Å². The third-order valence-electron chi connectivity index (χ3n) is 8.36. The smallest absolute Gasteiger partial charge is 0.305 e. The molecule has 0 aliphatic carbocycles. The van der Waals surface area contributed by atoms with E-state index in [1.54, 1.807) is 0 Å². The number of hydrogen-bond acceptors (Lipinski definition) is 21. The molecule has 0 aliphatic heterocycles. The molecule has 390 valence electrons. The molecule has 0 spiro atoms. The largest absolute Gasteiger partial charge is 0.481 e. The normalized spacial score (nSPS) is 14.5. The van der Waals surface area contributed by atoms with E-state index in [4.69, 9.17) is 83.1 Å². The fourth-order valence-electron chi connectivity index (χ4n) is 4.34. The van der Waals surface area contributed by atoms with Crippen molar-refractivity contribution in [3.63, 3.8) is 0 Å². The average molecular weight is 972 g/mol. The number of carbonyl (C=O) groups is 4. The number of hydrogen-bond donors (Lipinski definition) is 9. The standard InChI is InChI=1S/C14H27NO6S.C12H22O7.C9H20O4.C7H16O4/c1-3-11(9-16)21-14(19-2)10-20-13(18)6-4-5-12(17)15-7-8-22;1-3-9(7-13)19-12(17-2)8-18-11(16)6-4-5-10(14)15;1-3-5-12-9(7-11)13-8(4-2)6-10;1-3-6(4-8)11-7(5-9)10-2/h11,14,16,22H,3-10H2,1-2H3,(H,15,17);9,12-13H,3-8H2,1-2H3,(H,14,15);8-11H,3-7H2,1-2H3;6-9H,3-5H2,1-2H3. The molecule has 0 saturated carbocycles. The Morgan fingerprint density at radius 1 is 0.523 bits per heavy atom. The first kappa shape index (κ1) is 69.2. The van der Waals surface area contributed by atoms with Crippen LogP contribution in [-0.2, 0) is 66.5 Å². The van der Waals surface area contributed by atoms with Gasteiger partial charge in [-0.05, 0) is 44.9 Å². The van der Waals surface area contributed by atoms with Crippen molar-refractivity contribution in [3.8, 4) is 0 Å². The van der Waals surface area contributed by atoms with Crippen LogP contribution in [0.2, 0.25) is 0 Å². The molecular weight excluding hydrogens is 887 g/mol. The lowest BCUT2D eigenvalue weighted by molar-refractivity contribution is -0.194. The van der Waals surface area contributed by atoms with Crippen LogP contribution < -0.4 is 5.32 Å². The molecule has 0 radical (unpaired) electrons. The Kier molecular flexibility index (Phi) is 54.4. The van der Waals surface area contributed by atoms with Crippen LogP contribution in [0.4, 0.5) is 0 Å². The molecule has 0 saturated heterocycles. The predicted molar refractivity (Wildman–Crippen MR) is 240 cm³/mol. The Balaban J connectivity index is -0.000000395. The molecule has 22 nitrogen and oxygen atoms in total. The molecule has 8 unspecified atom stereocenters. The van der Waals surface area contributed by atoms with Crippen molar-refractivity contribution >= 4 is 36.4 Å². The van der Waals surface area contributed by atoms with Crippen LogP contribution in [0.3, 0.4) is 0 Å². The number of rotatable bonds is 38. The highest BCUT2D eigenvalue weighted by Crippen LogP contribution is 2.08. The summed E-state index contributed by atoms with van der Waals surface area (Å²) in [7, 11) is 4.30. The molecule has 0 aliphatic rings. The average Bonchev–Trinajstić information content (AvgIpc) is 3.32. The number of carboxylic acid groups (broad SMARTS) is 1. The minimum absolute atomic E-state index is 0.0392. The van der Waals surface area contributed by atoms with Crippen LogP contribution >= 0.6 is 12.6 Å². The van der Waals surface area contributed by atoms with E-state index in [0.717, 1.165) is 6.42 Å². The van der Waals surface area contributed by atoms with Gasteiger partial charge in [0, 0.05) is 65.9 Å². The first-order chi connectivity index (χ1) is 31.1. The summed E-state index contributed by atoms with van der Waals surface area (Å²) < 4.78 is 51.1. The minimum Gasteiger partial charge on any atom is -0.481 e. The van der Waals surface area contributed by atoms with Gasteiger partial charge in [0.05, 0.1) is 64.1 Å². The highest BCUT2D eigenvalue weighted by molar-refractivity contribution is 7.80. The van der Waals surface area contributed by atoms with Crippen molar-refractivity contribution in [2.75, 3.05) is 93.1 Å². The number of carboxylic acids is 1. The molecular formula is C42H85NO21S. The maximum Gasteiger partial charge on any atom is 0.305 e. The van der Waals surface area contributed by atoms with E-state index in [0.29, 0.717) is 51.0 Å². The highest BCUT2D eigenvalue weighted by Gasteiger charge is 2.19. The molecule has 65 heavy (non-hydrogen) atoms. The van der Waals surface area contributed by atoms with E-state index in [2.05, 4.69) is 17.9 Å². The van der Waals surface area contributed by atoms with Crippen molar-refractivity contribution in [2.24, 2.45) is 0 Å². The first-order valence-electron chi connectivity index (χ1n) is 22.0. The lowest BCUT2D eigenvalue weighted by Crippen LogP contribution is -2.30. The summed E-state index contributed by atoms with van der Waals surface area (Å²) in [6.45, 7) is 9.77. The monoisotopic (exact) mass is 972 g/mol. The predicted octanol–water partition coefficient (Wildman–Crippen LogP) is 1.31. The van der Waals surface area contributed by atoms with Gasteiger partial charge in [-0.3, -0.25) is 19.2 Å². The zero-order valence-electron chi connectivity index (χ0n) is 40.0. The van der Waals surface area contributed by atoms with Gasteiger partial charge in [-0.15, -0.1) is 0 Å². The number of methoxy groups -OCH3 is 3. The lowest BCUT2D eigenvalue weighted by atomic mass is 10.2. The van der Waals surface area contributed by atoms with Gasteiger partial charge in [0.2, 0.25) is 5.91 Å². The Bertz CT molecular complexity index is 1050. The van der Waals surface area contributed by atoms with E-state index in [1.807, 2.05) is 34.6 Å². The van der Waals surface area contributed by atoms with Crippen molar-refractivity contribution in [3.05, 3.63) is 0 Å². The Morgan fingerprint density at radius 2 is 0.892 bits per heavy atom. The number of ether oxygens (including phenoxy) is 10. The summed E-state index contributed by atoms with van der Waals surface area (Å²) in [6, 6.07) is 0. The number of thiol groups is 1. The fraction of sp³-hybridized carbons (Fsp3) is 0.905. The molecule has 23 heteroatoms. The molecule has 8 N–H and O–H groups in total. The van der Waals surface area contributed by atoms with Gasteiger partial charge in [-0.2, -0.15) is 12.6 Å². The second-order valence-corrected chi connectivity index (χ2v) is 14.0. The number of amides is 1. The lowest BCUT2D eigenvalue weighted by Gasteiger charge is -2.21. The van der Waals surface area contributed by atoms with Gasteiger partial charge in [0.15, 0.2) is 25.2 Å². The third kappa shape index (κ3) is 45.2. The van der Waals surface area contributed by atoms with Gasteiger partial charge in [-0.1, -0.05) is 34.6 Å². The van der Waals surface area contributed by atoms with Crippen LogP contribution in [0.5, 0.6) is 0 Å². The molecule has 0 aromatic rings. The molecule has 0 aromatic heterocycles. The number of carbonyl (C=O) groups excluding carboxylic acids is 3. The number of aliphatic hydroxyl groups excluding tert-OH is 6. The van der Waals surface area contributed by atoms with Gasteiger partial charge in [-0.25, -0.2) is 0 Å². The Labute approximate surface area is 391 Å². The Morgan fingerprint density at radius 3 is 1.20 bits per heavy atom. The third-order valence-corrected chi connectivity index (χ3v) is 8.58. The number of nitrogens with one attached hydrogen (secondary N) is 1. The summed E-state index contributed by atoms with van der Waals surface area (Å²) in [4.78, 5) is 44.4. The SMILES string of the molecule is CCC(CO)OC(CO)OC.CCC(CO)OC(COC(=O)CCCC(=O)NCCS)OC.CCC(CO)OC(COC(=O)CCCC(=O)O)OC.CCCOC(CO)OC(CC)CO. The summed E-state index contributed by atoms with van der Waals surface area (Å²) in [6.07, 6.45) is 0.744. The fourth-order valence-corrected chi connectivity index (χ4v) is 4.45. The van der Waals surface area contributed by atoms with Crippen LogP contribution in [0.15, 0.2) is 0 Å². The first-order valence-corrected chi connectivity index (χ1v) is 22.7. The molecule has 0 bridgehead atoms. The van der Waals surface area contributed by atoms with E-state index >= 15 is 0 Å². The van der Waals surface area contributed by atoms with Crippen LogP contribution in [-0.4, -0.2) is 202 Å². The zero-order chi connectivity index (χ0) is 50.3. The van der Waals surface area contributed by atoms with Crippen LogP contribution in [0, 0.1) is 0 Å². The second-order valence-electron chi connectivity index (χ2n) is 13.6. The highest BCUT2D eigenvalue weighted by atomic mass is 32.1. The second kappa shape index (κ2) is 51.1. The van der Waals surface area contributed by atoms with Crippen molar-refractivity contribution < 1.29 is 102 Å². The summed E-state index contributed by atoms with van der Waals surface area (Å²) in [5, 5.41) is 64.1. The van der Waals surface area contributed by atoms with Crippen molar-refractivity contribution in [1.29, 1.82) is 0 Å².